The highest BCUT2D eigenvalue weighted by Crippen LogP contribution is 2.48. The lowest BCUT2D eigenvalue weighted by atomic mass is 10.0. The van der Waals surface area contributed by atoms with Gasteiger partial charge in [-0.05, 0) is 49.7 Å². The SMILES string of the molecule is CSCCCCCCNCC1(CC(N)=NO)CC1. The van der Waals surface area contributed by atoms with Gasteiger partial charge in [0.25, 0.3) is 0 Å². The number of rotatable bonds is 11. The molecule has 1 saturated carbocycles. The molecule has 1 rings (SSSR count). The summed E-state index contributed by atoms with van der Waals surface area (Å²) in [7, 11) is 0. The molecule has 0 aromatic carbocycles. The maximum atomic E-state index is 8.58. The van der Waals surface area contributed by atoms with E-state index in [4.69, 9.17) is 10.9 Å². The van der Waals surface area contributed by atoms with Gasteiger partial charge in [-0.1, -0.05) is 18.0 Å². The van der Waals surface area contributed by atoms with Gasteiger partial charge in [-0.25, -0.2) is 0 Å². The van der Waals surface area contributed by atoms with Gasteiger partial charge >= 0.3 is 0 Å². The van der Waals surface area contributed by atoms with E-state index in [9.17, 15) is 0 Å². The zero-order valence-corrected chi connectivity index (χ0v) is 12.3. The molecule has 18 heavy (non-hydrogen) atoms. The third kappa shape index (κ3) is 6.50. The maximum absolute atomic E-state index is 8.58. The normalized spacial score (nSPS) is 17.9. The van der Waals surface area contributed by atoms with Crippen LogP contribution >= 0.6 is 11.8 Å². The Morgan fingerprint density at radius 2 is 2.06 bits per heavy atom. The van der Waals surface area contributed by atoms with Crippen LogP contribution in [0, 0.1) is 5.41 Å². The molecule has 0 spiro atoms. The molecule has 0 bridgehead atoms. The Morgan fingerprint density at radius 1 is 1.33 bits per heavy atom. The van der Waals surface area contributed by atoms with Gasteiger partial charge in [-0.15, -0.1) is 0 Å². The molecule has 0 atom stereocenters. The number of unbranched alkanes of at least 4 members (excludes halogenated alkanes) is 3. The second kappa shape index (κ2) is 8.64. The minimum atomic E-state index is 0.287. The predicted octanol–water partition coefficient (Wildman–Crippen LogP) is 2.42. The fraction of sp³-hybridized carbons (Fsp3) is 0.923. The van der Waals surface area contributed by atoms with Gasteiger partial charge in [0.15, 0.2) is 0 Å². The van der Waals surface area contributed by atoms with Crippen LogP contribution in [0.15, 0.2) is 5.16 Å². The second-order valence-electron chi connectivity index (χ2n) is 5.35. The summed E-state index contributed by atoms with van der Waals surface area (Å²) in [6.07, 6.45) is 10.6. The van der Waals surface area contributed by atoms with Gasteiger partial charge in [-0.3, -0.25) is 0 Å². The Morgan fingerprint density at radius 3 is 2.67 bits per heavy atom. The lowest BCUT2D eigenvalue weighted by Gasteiger charge is -2.14. The first-order valence-corrected chi connectivity index (χ1v) is 8.28. The van der Waals surface area contributed by atoms with Gasteiger partial charge in [-0.2, -0.15) is 11.8 Å². The Kier molecular flexibility index (Phi) is 7.51. The minimum Gasteiger partial charge on any atom is -0.409 e. The summed E-state index contributed by atoms with van der Waals surface area (Å²) in [5, 5.41) is 15.2. The highest BCUT2D eigenvalue weighted by atomic mass is 32.2. The summed E-state index contributed by atoms with van der Waals surface area (Å²) in [6.45, 7) is 2.10. The molecule has 0 aromatic rings. The van der Waals surface area contributed by atoms with Crippen LogP contribution in [0.3, 0.4) is 0 Å². The van der Waals surface area contributed by atoms with Crippen LogP contribution in [0.4, 0.5) is 0 Å². The van der Waals surface area contributed by atoms with Crippen molar-refractivity contribution in [3.63, 3.8) is 0 Å². The van der Waals surface area contributed by atoms with Gasteiger partial charge in [0.05, 0.1) is 0 Å². The fourth-order valence-electron chi connectivity index (χ4n) is 2.22. The molecule has 1 fully saturated rings. The van der Waals surface area contributed by atoms with E-state index in [1.165, 1.54) is 44.3 Å². The first kappa shape index (κ1) is 15.6. The summed E-state index contributed by atoms with van der Waals surface area (Å²) >= 11 is 1.93. The first-order chi connectivity index (χ1) is 8.72. The number of hydrogen-bond acceptors (Lipinski definition) is 4. The number of nitrogens with one attached hydrogen (secondary N) is 1. The number of nitrogens with two attached hydrogens (primary N) is 1. The average Bonchev–Trinajstić information content (AvgIpc) is 3.12. The van der Waals surface area contributed by atoms with Gasteiger partial charge in [0, 0.05) is 13.0 Å². The Bertz CT molecular complexity index is 255. The average molecular weight is 273 g/mol. The van der Waals surface area contributed by atoms with Crippen molar-refractivity contribution >= 4 is 17.6 Å². The van der Waals surface area contributed by atoms with Crippen molar-refractivity contribution in [2.24, 2.45) is 16.3 Å². The molecule has 1 aliphatic carbocycles. The van der Waals surface area contributed by atoms with Crippen LogP contribution in [0.25, 0.3) is 0 Å². The molecular formula is C13H27N3OS. The molecule has 0 amide bonds. The van der Waals surface area contributed by atoms with Crippen LogP contribution in [0.5, 0.6) is 0 Å². The standard InChI is InChI=1S/C13H27N3OS/c1-18-9-5-3-2-4-8-15-11-13(6-7-13)10-12(14)16-17/h15,17H,2-11H2,1H3,(H2,14,16). The van der Waals surface area contributed by atoms with Crippen LogP contribution in [-0.2, 0) is 0 Å². The van der Waals surface area contributed by atoms with Crippen LogP contribution in [0.1, 0.15) is 44.9 Å². The smallest absolute Gasteiger partial charge is 0.139 e. The fourth-order valence-corrected chi connectivity index (χ4v) is 2.71. The molecule has 0 aromatic heterocycles. The number of oxime groups is 1. The predicted molar refractivity (Wildman–Crippen MR) is 79.4 cm³/mol. The van der Waals surface area contributed by atoms with Crippen LogP contribution < -0.4 is 11.1 Å². The van der Waals surface area contributed by atoms with E-state index in [0.29, 0.717) is 5.84 Å². The maximum Gasteiger partial charge on any atom is 0.139 e. The van der Waals surface area contributed by atoms with Crippen LogP contribution in [0.2, 0.25) is 0 Å². The highest BCUT2D eigenvalue weighted by molar-refractivity contribution is 7.98. The monoisotopic (exact) mass is 273 g/mol. The lowest BCUT2D eigenvalue weighted by molar-refractivity contribution is 0.314. The molecule has 0 unspecified atom stereocenters. The summed E-state index contributed by atoms with van der Waals surface area (Å²) < 4.78 is 0. The van der Waals surface area contributed by atoms with Gasteiger partial charge in [0.1, 0.15) is 5.84 Å². The largest absolute Gasteiger partial charge is 0.409 e. The van der Waals surface area contributed by atoms with E-state index in [-0.39, 0.29) is 5.41 Å². The Hall–Kier alpha value is -0.420. The van der Waals surface area contributed by atoms with Crippen molar-refractivity contribution in [3.8, 4) is 0 Å². The van der Waals surface area contributed by atoms with E-state index < -0.39 is 0 Å². The molecule has 0 radical (unpaired) electrons. The summed E-state index contributed by atoms with van der Waals surface area (Å²) in [5.74, 6) is 1.66. The van der Waals surface area contributed by atoms with E-state index in [2.05, 4.69) is 16.7 Å². The molecule has 5 heteroatoms. The number of amidine groups is 1. The van der Waals surface area contributed by atoms with E-state index in [1.54, 1.807) is 0 Å². The first-order valence-electron chi connectivity index (χ1n) is 6.88. The molecule has 4 nitrogen and oxygen atoms in total. The Balaban J connectivity index is 1.95. The van der Waals surface area contributed by atoms with Crippen molar-refractivity contribution in [3.05, 3.63) is 0 Å². The van der Waals surface area contributed by atoms with Gasteiger partial charge in [0.2, 0.25) is 0 Å². The molecule has 1 aliphatic rings. The summed E-state index contributed by atoms with van der Waals surface area (Å²) in [4.78, 5) is 0. The van der Waals surface area contributed by atoms with Crippen molar-refractivity contribution in [1.29, 1.82) is 0 Å². The van der Waals surface area contributed by atoms with Crippen molar-refractivity contribution in [2.75, 3.05) is 25.1 Å². The third-order valence-corrected chi connectivity index (χ3v) is 4.29. The van der Waals surface area contributed by atoms with E-state index in [1.807, 2.05) is 11.8 Å². The number of nitrogens with zero attached hydrogens (tertiary/aromatic N) is 1. The van der Waals surface area contributed by atoms with Crippen LogP contribution in [-0.4, -0.2) is 36.1 Å². The molecule has 4 N–H and O–H groups in total. The quantitative estimate of drug-likeness (QED) is 0.178. The highest BCUT2D eigenvalue weighted by Gasteiger charge is 2.42. The molecular weight excluding hydrogens is 246 g/mol. The Labute approximate surface area is 115 Å². The number of hydrogen-bond donors (Lipinski definition) is 3. The zero-order chi connectivity index (χ0) is 13.3. The molecule has 0 saturated heterocycles. The third-order valence-electron chi connectivity index (χ3n) is 3.59. The summed E-state index contributed by atoms with van der Waals surface area (Å²) in [5.41, 5.74) is 5.85. The number of thioether (sulfide) groups is 1. The van der Waals surface area contributed by atoms with E-state index >= 15 is 0 Å². The molecule has 0 aliphatic heterocycles. The van der Waals surface area contributed by atoms with Gasteiger partial charge < -0.3 is 16.3 Å². The lowest BCUT2D eigenvalue weighted by Crippen LogP contribution is -2.29. The van der Waals surface area contributed by atoms with E-state index in [0.717, 1.165) is 19.5 Å². The topological polar surface area (TPSA) is 70.6 Å². The molecule has 106 valence electrons. The van der Waals surface area contributed by atoms with Crippen molar-refractivity contribution in [2.45, 2.75) is 44.9 Å². The zero-order valence-electron chi connectivity index (χ0n) is 11.5. The van der Waals surface area contributed by atoms with Crippen molar-refractivity contribution in [1.82, 2.24) is 5.32 Å². The minimum absolute atomic E-state index is 0.287. The molecule has 0 heterocycles. The van der Waals surface area contributed by atoms with Crippen molar-refractivity contribution < 1.29 is 5.21 Å². The summed E-state index contributed by atoms with van der Waals surface area (Å²) in [6, 6.07) is 0. The second-order valence-corrected chi connectivity index (χ2v) is 6.34.